The number of fused-ring (bicyclic) bond motifs is 1. The average Bonchev–Trinajstić information content (AvgIpc) is 3.08. The molecule has 2 aromatic carbocycles. The quantitative estimate of drug-likeness (QED) is 0.621. The predicted octanol–water partition coefficient (Wildman–Crippen LogP) is 5.87. The van der Waals surface area contributed by atoms with Crippen LogP contribution in [0.15, 0.2) is 35.7 Å². The fourth-order valence-corrected chi connectivity index (χ4v) is 4.77. The van der Waals surface area contributed by atoms with Crippen LogP contribution in [0.1, 0.15) is 51.0 Å². The normalized spacial score (nSPS) is 13.3. The first-order chi connectivity index (χ1) is 13.0. The molecule has 0 saturated carbocycles. The van der Waals surface area contributed by atoms with Crippen molar-refractivity contribution in [2.45, 2.75) is 46.5 Å². The van der Waals surface area contributed by atoms with Gasteiger partial charge < -0.3 is 0 Å². The molecule has 0 atom stereocenters. The van der Waals surface area contributed by atoms with E-state index in [1.165, 1.54) is 52.0 Å². The second-order valence-electron chi connectivity index (χ2n) is 7.46. The number of benzene rings is 2. The molecule has 1 aromatic heterocycles. The second kappa shape index (κ2) is 7.28. The van der Waals surface area contributed by atoms with Crippen molar-refractivity contribution in [2.75, 3.05) is 5.32 Å². The predicted molar refractivity (Wildman–Crippen MR) is 113 cm³/mol. The van der Waals surface area contributed by atoms with Crippen LogP contribution in [0.2, 0.25) is 0 Å². The second-order valence-corrected chi connectivity index (χ2v) is 8.31. The van der Waals surface area contributed by atoms with Gasteiger partial charge in [0.25, 0.3) is 5.91 Å². The Morgan fingerprint density at radius 1 is 1.00 bits per heavy atom. The third-order valence-electron chi connectivity index (χ3n) is 5.27. The molecule has 138 valence electrons. The lowest BCUT2D eigenvalue weighted by Crippen LogP contribution is -2.13. The third-order valence-corrected chi connectivity index (χ3v) is 6.03. The minimum absolute atomic E-state index is 0.0818. The van der Waals surface area contributed by atoms with Crippen LogP contribution in [-0.4, -0.2) is 10.9 Å². The summed E-state index contributed by atoms with van der Waals surface area (Å²) in [5.74, 6) is -0.0818. The van der Waals surface area contributed by atoms with E-state index in [1.54, 1.807) is 0 Å². The molecule has 4 rings (SSSR count). The van der Waals surface area contributed by atoms with Crippen LogP contribution >= 0.6 is 11.3 Å². The summed E-state index contributed by atoms with van der Waals surface area (Å²) in [6.45, 7) is 6.33. The molecule has 1 N–H and O–H groups in total. The third kappa shape index (κ3) is 3.67. The molecule has 3 aromatic rings. The van der Waals surface area contributed by atoms with E-state index < -0.39 is 0 Å². The van der Waals surface area contributed by atoms with Crippen LogP contribution in [0, 0.1) is 20.8 Å². The number of carbonyl (C=O) groups excluding carboxylic acids is 1. The maximum atomic E-state index is 12.7. The van der Waals surface area contributed by atoms with E-state index in [0.717, 1.165) is 29.7 Å². The highest BCUT2D eigenvalue weighted by atomic mass is 32.1. The summed E-state index contributed by atoms with van der Waals surface area (Å²) in [5.41, 5.74) is 9.19. The van der Waals surface area contributed by atoms with Crippen LogP contribution in [0.25, 0.3) is 11.3 Å². The molecule has 0 radical (unpaired) electrons. The van der Waals surface area contributed by atoms with Gasteiger partial charge in [-0.3, -0.25) is 10.1 Å². The Bertz CT molecular complexity index is 996. The van der Waals surface area contributed by atoms with E-state index in [2.05, 4.69) is 49.3 Å². The van der Waals surface area contributed by atoms with Gasteiger partial charge in [-0.1, -0.05) is 23.8 Å². The Balaban J connectivity index is 1.55. The van der Waals surface area contributed by atoms with Crippen molar-refractivity contribution < 1.29 is 4.79 Å². The summed E-state index contributed by atoms with van der Waals surface area (Å²) in [6.07, 6.45) is 4.66. The summed E-state index contributed by atoms with van der Waals surface area (Å²) in [6, 6.07) is 10.4. The fourth-order valence-electron chi connectivity index (χ4n) is 4.07. The Morgan fingerprint density at radius 2 is 1.70 bits per heavy atom. The molecule has 1 aliphatic carbocycles. The molecule has 0 fully saturated rings. The van der Waals surface area contributed by atoms with Crippen molar-refractivity contribution in [3.05, 3.63) is 69.1 Å². The number of rotatable bonds is 3. The van der Waals surface area contributed by atoms with Crippen molar-refractivity contribution in [1.82, 2.24) is 4.98 Å². The van der Waals surface area contributed by atoms with E-state index >= 15 is 0 Å². The van der Waals surface area contributed by atoms with Gasteiger partial charge in [0.15, 0.2) is 5.13 Å². The first-order valence-corrected chi connectivity index (χ1v) is 10.4. The van der Waals surface area contributed by atoms with Gasteiger partial charge >= 0.3 is 0 Å². The number of aryl methyl sites for hydroxylation is 5. The molecule has 0 unspecified atom stereocenters. The van der Waals surface area contributed by atoms with Gasteiger partial charge in [0.05, 0.1) is 5.69 Å². The minimum Gasteiger partial charge on any atom is -0.298 e. The highest BCUT2D eigenvalue weighted by molar-refractivity contribution is 7.14. The molecule has 4 heteroatoms. The van der Waals surface area contributed by atoms with Crippen molar-refractivity contribution in [1.29, 1.82) is 0 Å². The van der Waals surface area contributed by atoms with Crippen LogP contribution in [0.5, 0.6) is 0 Å². The molecule has 0 spiro atoms. The topological polar surface area (TPSA) is 42.0 Å². The van der Waals surface area contributed by atoms with Crippen LogP contribution in [-0.2, 0) is 12.8 Å². The van der Waals surface area contributed by atoms with E-state index in [-0.39, 0.29) is 5.91 Å². The number of aromatic nitrogens is 1. The van der Waals surface area contributed by atoms with E-state index in [9.17, 15) is 4.79 Å². The van der Waals surface area contributed by atoms with Crippen LogP contribution in [0.3, 0.4) is 0 Å². The lowest BCUT2D eigenvalue weighted by Gasteiger charge is -2.16. The van der Waals surface area contributed by atoms with Gasteiger partial charge in [0, 0.05) is 16.5 Å². The van der Waals surface area contributed by atoms with E-state index in [1.807, 2.05) is 17.5 Å². The van der Waals surface area contributed by atoms with Crippen LogP contribution < -0.4 is 5.32 Å². The van der Waals surface area contributed by atoms with Gasteiger partial charge in [0.2, 0.25) is 0 Å². The Hall–Kier alpha value is -2.46. The largest absolute Gasteiger partial charge is 0.298 e. The first-order valence-electron chi connectivity index (χ1n) is 9.48. The first kappa shape index (κ1) is 17.9. The summed E-state index contributed by atoms with van der Waals surface area (Å²) in [7, 11) is 0. The number of amides is 1. The van der Waals surface area contributed by atoms with Crippen molar-refractivity contribution in [3.63, 3.8) is 0 Å². The number of nitrogens with zero attached hydrogens (tertiary/aromatic N) is 1. The Kier molecular flexibility index (Phi) is 4.83. The minimum atomic E-state index is -0.0818. The summed E-state index contributed by atoms with van der Waals surface area (Å²) >= 11 is 1.47. The molecule has 27 heavy (non-hydrogen) atoms. The number of hydrogen-bond acceptors (Lipinski definition) is 3. The zero-order valence-electron chi connectivity index (χ0n) is 16.1. The SMILES string of the molecule is Cc1cc(C)c(-c2csc(NC(=O)c3ccc4c(c3)CCCC4)n2)c(C)c1. The number of carbonyl (C=O) groups is 1. The summed E-state index contributed by atoms with van der Waals surface area (Å²) < 4.78 is 0. The smallest absolute Gasteiger partial charge is 0.257 e. The van der Waals surface area contributed by atoms with E-state index in [4.69, 9.17) is 0 Å². The molecule has 1 heterocycles. The maximum absolute atomic E-state index is 12.7. The zero-order chi connectivity index (χ0) is 19.0. The lowest BCUT2D eigenvalue weighted by molar-refractivity contribution is 0.102. The van der Waals surface area contributed by atoms with Crippen LogP contribution in [0.4, 0.5) is 5.13 Å². The van der Waals surface area contributed by atoms with E-state index in [0.29, 0.717) is 5.13 Å². The molecule has 0 saturated heterocycles. The average molecular weight is 377 g/mol. The molecular formula is C23H24N2OS. The monoisotopic (exact) mass is 376 g/mol. The van der Waals surface area contributed by atoms with Crippen molar-refractivity contribution in [2.24, 2.45) is 0 Å². The van der Waals surface area contributed by atoms with Crippen molar-refractivity contribution in [3.8, 4) is 11.3 Å². The van der Waals surface area contributed by atoms with Gasteiger partial charge in [0.1, 0.15) is 0 Å². The highest BCUT2D eigenvalue weighted by Crippen LogP contribution is 2.31. The number of thiazole rings is 1. The van der Waals surface area contributed by atoms with Gasteiger partial charge in [-0.2, -0.15) is 0 Å². The molecule has 0 aliphatic heterocycles. The van der Waals surface area contributed by atoms with Gasteiger partial charge in [-0.15, -0.1) is 11.3 Å². The number of nitrogens with one attached hydrogen (secondary N) is 1. The number of anilines is 1. The fraction of sp³-hybridized carbons (Fsp3) is 0.304. The molecule has 1 amide bonds. The standard InChI is InChI=1S/C23H24N2OS/c1-14-10-15(2)21(16(3)11-14)20-13-27-23(24-20)25-22(26)19-9-8-17-6-4-5-7-18(17)12-19/h8-13H,4-7H2,1-3H3,(H,24,25,26). The molecule has 0 bridgehead atoms. The number of hydrogen-bond donors (Lipinski definition) is 1. The van der Waals surface area contributed by atoms with Crippen molar-refractivity contribution >= 4 is 22.4 Å². The van der Waals surface area contributed by atoms with Gasteiger partial charge in [-0.05, 0) is 80.8 Å². The summed E-state index contributed by atoms with van der Waals surface area (Å²) in [4.78, 5) is 17.4. The highest BCUT2D eigenvalue weighted by Gasteiger charge is 2.15. The zero-order valence-corrected chi connectivity index (χ0v) is 16.9. The molecule has 3 nitrogen and oxygen atoms in total. The Labute approximate surface area is 164 Å². The summed E-state index contributed by atoms with van der Waals surface area (Å²) in [5, 5.41) is 5.64. The lowest BCUT2D eigenvalue weighted by atomic mass is 9.90. The Morgan fingerprint density at radius 3 is 2.44 bits per heavy atom. The maximum Gasteiger partial charge on any atom is 0.257 e. The molecular weight excluding hydrogens is 352 g/mol. The molecule has 1 aliphatic rings. The van der Waals surface area contributed by atoms with Gasteiger partial charge in [-0.25, -0.2) is 4.98 Å².